The zero-order valence-corrected chi connectivity index (χ0v) is 10.9. The Morgan fingerprint density at radius 1 is 1.19 bits per heavy atom. The third-order valence-corrected chi connectivity index (χ3v) is 3.65. The van der Waals surface area contributed by atoms with Crippen molar-refractivity contribution in [2.24, 2.45) is 5.73 Å². The van der Waals surface area contributed by atoms with Gasteiger partial charge in [0, 0.05) is 0 Å². The molecule has 0 aliphatic carbocycles. The summed E-state index contributed by atoms with van der Waals surface area (Å²) in [5.74, 6) is 0. The summed E-state index contributed by atoms with van der Waals surface area (Å²) >= 11 is 0. The van der Waals surface area contributed by atoms with Gasteiger partial charge in [-0.3, -0.25) is 0 Å². The molecule has 0 heterocycles. The van der Waals surface area contributed by atoms with Crippen LogP contribution in [0.5, 0.6) is 0 Å². The molecule has 0 fully saturated rings. The van der Waals surface area contributed by atoms with E-state index in [1.165, 1.54) is 0 Å². The first-order valence-electron chi connectivity index (χ1n) is 5.17. The van der Waals surface area contributed by atoms with Gasteiger partial charge in [-0.2, -0.15) is 0 Å². The zero-order valence-electron chi connectivity index (χ0n) is 9.86. The molecule has 5 heteroatoms. The molecule has 0 aromatic heterocycles. The molecule has 1 aromatic carbocycles. The molecule has 0 bridgehead atoms. The third kappa shape index (κ3) is 3.00. The van der Waals surface area contributed by atoms with Crippen molar-refractivity contribution in [1.82, 2.24) is 0 Å². The van der Waals surface area contributed by atoms with E-state index < -0.39 is 7.94 Å². The molecule has 0 atom stereocenters. The van der Waals surface area contributed by atoms with E-state index in [1.807, 2.05) is 26.8 Å². The molecule has 92 valence electrons. The third-order valence-electron chi connectivity index (χ3n) is 2.49. The first kappa shape index (κ1) is 13.6. The summed E-state index contributed by atoms with van der Waals surface area (Å²) in [5.41, 5.74) is 6.91. The fraction of sp³-hybridized carbons (Fsp3) is 0.455. The summed E-state index contributed by atoms with van der Waals surface area (Å²) in [5, 5.41) is 0.234. The van der Waals surface area contributed by atoms with Gasteiger partial charge in [-0.25, -0.2) is 0 Å². The molecule has 0 unspecified atom stereocenters. The average Bonchev–Trinajstić information content (AvgIpc) is 2.14. The number of hydrogen-bond donors (Lipinski definition) is 4. The van der Waals surface area contributed by atoms with Crippen molar-refractivity contribution in [3.05, 3.63) is 29.3 Å². The number of rotatable bonds is 2. The van der Waals surface area contributed by atoms with Crippen molar-refractivity contribution in [3.8, 4) is 0 Å². The van der Waals surface area contributed by atoms with Crippen LogP contribution in [0.1, 0.15) is 31.9 Å². The maximum atomic E-state index is 9.42. The average molecular weight is 245 g/mol. The van der Waals surface area contributed by atoms with E-state index >= 15 is 0 Å². The van der Waals surface area contributed by atoms with Gasteiger partial charge in [-0.1, -0.05) is 0 Å². The van der Waals surface area contributed by atoms with Gasteiger partial charge in [0.05, 0.1) is 0 Å². The van der Waals surface area contributed by atoms with Crippen LogP contribution in [-0.2, 0) is 12.0 Å². The predicted molar refractivity (Wildman–Crippen MR) is 67.6 cm³/mol. The summed E-state index contributed by atoms with van der Waals surface area (Å²) < 4.78 is 0. The molecular weight excluding hydrogens is 225 g/mol. The second kappa shape index (κ2) is 4.40. The maximum absolute atomic E-state index is 9.42. The zero-order chi connectivity index (χ0) is 12.6. The van der Waals surface area contributed by atoms with Gasteiger partial charge in [0.2, 0.25) is 0 Å². The Kier molecular flexibility index (Phi) is 3.72. The van der Waals surface area contributed by atoms with Crippen LogP contribution < -0.4 is 11.0 Å². The van der Waals surface area contributed by atoms with Crippen LogP contribution >= 0.6 is 7.94 Å². The SMILES string of the molecule is CC(C)(C)c1cc(CN)ccc1[PH](O)(O)O. The second-order valence-electron chi connectivity index (χ2n) is 4.97. The van der Waals surface area contributed by atoms with Crippen molar-refractivity contribution in [2.45, 2.75) is 32.7 Å². The van der Waals surface area contributed by atoms with E-state index in [0.29, 0.717) is 6.54 Å². The summed E-state index contributed by atoms with van der Waals surface area (Å²) in [4.78, 5) is 28.2. The van der Waals surface area contributed by atoms with Crippen molar-refractivity contribution >= 4 is 13.2 Å². The minimum absolute atomic E-state index is 0.234. The van der Waals surface area contributed by atoms with Gasteiger partial charge in [0.1, 0.15) is 0 Å². The Hall–Kier alpha value is -0.510. The summed E-state index contributed by atoms with van der Waals surface area (Å²) in [6, 6.07) is 5.07. The Balaban J connectivity index is 3.40. The molecule has 0 spiro atoms. The van der Waals surface area contributed by atoms with Crippen LogP contribution in [0.4, 0.5) is 0 Å². The molecular formula is C11H20NO3P. The van der Waals surface area contributed by atoms with Crippen molar-refractivity contribution in [2.75, 3.05) is 0 Å². The fourth-order valence-electron chi connectivity index (χ4n) is 1.63. The van der Waals surface area contributed by atoms with Crippen molar-refractivity contribution in [1.29, 1.82) is 0 Å². The van der Waals surface area contributed by atoms with Gasteiger partial charge in [-0.15, -0.1) is 0 Å². The molecule has 16 heavy (non-hydrogen) atoms. The van der Waals surface area contributed by atoms with Gasteiger partial charge in [0.15, 0.2) is 0 Å². The summed E-state index contributed by atoms with van der Waals surface area (Å²) in [6.45, 7) is 6.24. The predicted octanol–water partition coefficient (Wildman–Crippen LogP) is 0.540. The van der Waals surface area contributed by atoms with Crippen LogP contribution in [0.25, 0.3) is 0 Å². The topological polar surface area (TPSA) is 86.7 Å². The van der Waals surface area contributed by atoms with Gasteiger partial charge in [0.25, 0.3) is 0 Å². The van der Waals surface area contributed by atoms with Gasteiger partial charge >= 0.3 is 95.7 Å². The quantitative estimate of drug-likeness (QED) is 0.573. The molecule has 1 rings (SSSR count). The monoisotopic (exact) mass is 245 g/mol. The number of benzene rings is 1. The molecule has 0 amide bonds. The molecule has 0 radical (unpaired) electrons. The van der Waals surface area contributed by atoms with E-state index in [-0.39, 0.29) is 10.7 Å². The Morgan fingerprint density at radius 3 is 2.12 bits per heavy atom. The molecule has 0 aliphatic rings. The molecule has 5 N–H and O–H groups in total. The van der Waals surface area contributed by atoms with E-state index in [4.69, 9.17) is 5.73 Å². The van der Waals surface area contributed by atoms with E-state index in [1.54, 1.807) is 12.1 Å². The normalized spacial score (nSPS) is 13.9. The van der Waals surface area contributed by atoms with Gasteiger partial charge < -0.3 is 0 Å². The number of nitrogens with two attached hydrogens (primary N) is 1. The van der Waals surface area contributed by atoms with Crippen LogP contribution in [-0.4, -0.2) is 14.7 Å². The van der Waals surface area contributed by atoms with Gasteiger partial charge in [-0.05, 0) is 0 Å². The van der Waals surface area contributed by atoms with Crippen LogP contribution in [0.15, 0.2) is 18.2 Å². The standard InChI is InChI=1S/C11H20NO3P/c1-11(2,3)9-6-8(7-12)4-5-10(9)16(13,14)15/h4-6,13-16H,7,12H2,1-3H3. The first-order valence-corrected chi connectivity index (χ1v) is 7.01. The molecule has 0 saturated carbocycles. The minimum atomic E-state index is -4.26. The van der Waals surface area contributed by atoms with Crippen molar-refractivity contribution < 1.29 is 14.7 Å². The number of hydrogen-bond acceptors (Lipinski definition) is 4. The first-order chi connectivity index (χ1) is 7.16. The Labute approximate surface area is 96.3 Å². The fourth-order valence-corrected chi connectivity index (χ4v) is 2.75. The van der Waals surface area contributed by atoms with Crippen LogP contribution in [0, 0.1) is 0 Å². The van der Waals surface area contributed by atoms with Crippen molar-refractivity contribution in [3.63, 3.8) is 0 Å². The molecule has 0 saturated heterocycles. The molecule has 4 nitrogen and oxygen atoms in total. The second-order valence-corrected chi connectivity index (χ2v) is 6.78. The summed E-state index contributed by atoms with van der Waals surface area (Å²) in [7, 11) is -4.26. The molecule has 0 aliphatic heterocycles. The summed E-state index contributed by atoms with van der Waals surface area (Å²) in [6.07, 6.45) is 0. The van der Waals surface area contributed by atoms with E-state index in [0.717, 1.165) is 11.1 Å². The van der Waals surface area contributed by atoms with E-state index in [9.17, 15) is 14.7 Å². The van der Waals surface area contributed by atoms with Crippen LogP contribution in [0.3, 0.4) is 0 Å². The Morgan fingerprint density at radius 2 is 1.75 bits per heavy atom. The molecule has 1 aromatic rings. The van der Waals surface area contributed by atoms with E-state index in [2.05, 4.69) is 0 Å². The van der Waals surface area contributed by atoms with Crippen LogP contribution in [0.2, 0.25) is 0 Å². The Bertz CT molecular complexity index is 380.